The van der Waals surface area contributed by atoms with Gasteiger partial charge in [-0.15, -0.1) is 13.2 Å². The molecule has 0 aliphatic carbocycles. The van der Waals surface area contributed by atoms with Crippen LogP contribution in [0.3, 0.4) is 0 Å². The lowest BCUT2D eigenvalue weighted by atomic mass is 9.81. The molecule has 1 unspecified atom stereocenters. The Labute approximate surface area is 203 Å². The minimum Gasteiger partial charge on any atom is -0.466 e. The number of hydrogen-bond donors (Lipinski definition) is 1. The van der Waals surface area contributed by atoms with Crippen molar-refractivity contribution in [2.45, 2.75) is 12.3 Å². The predicted octanol–water partition coefficient (Wildman–Crippen LogP) is 3.35. The molecule has 2 aromatic rings. The predicted molar refractivity (Wildman–Crippen MR) is 117 cm³/mol. The van der Waals surface area contributed by atoms with Crippen LogP contribution in [0.25, 0.3) is 0 Å². The Morgan fingerprint density at radius 2 is 1.64 bits per heavy atom. The van der Waals surface area contributed by atoms with Gasteiger partial charge in [0, 0.05) is 6.07 Å². The van der Waals surface area contributed by atoms with Crippen LogP contribution in [0.5, 0.6) is 5.75 Å². The number of carbonyl (C=O) groups is 2. The molecule has 0 radical (unpaired) electrons. The van der Waals surface area contributed by atoms with E-state index in [0.717, 1.165) is 37.3 Å². The van der Waals surface area contributed by atoms with Gasteiger partial charge < -0.3 is 19.9 Å². The minimum absolute atomic E-state index is 0.197. The fourth-order valence-electron chi connectivity index (χ4n) is 3.74. The van der Waals surface area contributed by atoms with Crippen LogP contribution in [0.4, 0.5) is 18.9 Å². The standard InChI is InChI=1S/C24H17F3N4O5/c1-34-22(32)19-18(14-6-4-3-5-7-14)15(12-29)21(30)31(20(19)23(33)35-2)16-9-8-13(11-28)10-17(16)36-24(25,26)27/h3-10,18H,30H2,1-2H3. The maximum absolute atomic E-state index is 13.2. The molecule has 1 heterocycles. The number of allylic oxidation sites excluding steroid dienone is 1. The number of nitrogens with two attached hydrogens (primary N) is 1. The molecule has 0 aromatic heterocycles. The first-order valence-electron chi connectivity index (χ1n) is 10.0. The second kappa shape index (κ2) is 10.1. The second-order valence-corrected chi connectivity index (χ2v) is 7.18. The van der Waals surface area contributed by atoms with Crippen LogP contribution in [0.1, 0.15) is 17.0 Å². The van der Waals surface area contributed by atoms with E-state index in [1.54, 1.807) is 36.4 Å². The first-order chi connectivity index (χ1) is 17.1. The van der Waals surface area contributed by atoms with Gasteiger partial charge >= 0.3 is 18.3 Å². The molecule has 12 heteroatoms. The molecule has 0 fully saturated rings. The minimum atomic E-state index is -5.19. The molecule has 36 heavy (non-hydrogen) atoms. The average molecular weight is 498 g/mol. The highest BCUT2D eigenvalue weighted by Gasteiger charge is 2.44. The number of nitrogens with zero attached hydrogens (tertiary/aromatic N) is 3. The summed E-state index contributed by atoms with van der Waals surface area (Å²) in [7, 11) is 2.02. The van der Waals surface area contributed by atoms with Crippen LogP contribution in [-0.2, 0) is 19.1 Å². The molecule has 3 rings (SSSR count). The Kier molecular flexibility index (Phi) is 7.20. The number of nitriles is 2. The van der Waals surface area contributed by atoms with Crippen LogP contribution >= 0.6 is 0 Å². The van der Waals surface area contributed by atoms with Gasteiger partial charge in [0.05, 0.1) is 54.7 Å². The van der Waals surface area contributed by atoms with Crippen molar-refractivity contribution >= 4 is 17.6 Å². The van der Waals surface area contributed by atoms with Crippen LogP contribution < -0.4 is 15.4 Å². The largest absolute Gasteiger partial charge is 0.573 e. The molecule has 0 saturated carbocycles. The van der Waals surface area contributed by atoms with Crippen molar-refractivity contribution in [3.63, 3.8) is 0 Å². The third-order valence-corrected chi connectivity index (χ3v) is 5.17. The maximum atomic E-state index is 13.2. The maximum Gasteiger partial charge on any atom is 0.573 e. The van der Waals surface area contributed by atoms with Crippen molar-refractivity contribution in [1.82, 2.24) is 0 Å². The average Bonchev–Trinajstić information content (AvgIpc) is 2.86. The zero-order chi connectivity index (χ0) is 26.6. The fraction of sp³-hybridized carbons (Fsp3) is 0.167. The zero-order valence-corrected chi connectivity index (χ0v) is 18.8. The lowest BCUT2D eigenvalue weighted by Crippen LogP contribution is -2.41. The van der Waals surface area contributed by atoms with E-state index in [1.165, 1.54) is 0 Å². The Morgan fingerprint density at radius 1 is 1.00 bits per heavy atom. The Hall–Kier alpha value is -4.97. The van der Waals surface area contributed by atoms with Crippen LogP contribution in [0.2, 0.25) is 0 Å². The van der Waals surface area contributed by atoms with Gasteiger partial charge in [0.1, 0.15) is 11.5 Å². The molecule has 1 aliphatic rings. The second-order valence-electron chi connectivity index (χ2n) is 7.18. The molecule has 0 bridgehead atoms. The van der Waals surface area contributed by atoms with Crippen LogP contribution in [0, 0.1) is 22.7 Å². The SMILES string of the molecule is COC(=O)C1=C(C(=O)OC)N(c2ccc(C#N)cc2OC(F)(F)F)C(N)=C(C#N)C1c1ccccc1. The van der Waals surface area contributed by atoms with E-state index in [9.17, 15) is 28.0 Å². The normalized spacial score (nSPS) is 15.6. The first kappa shape index (κ1) is 25.6. The van der Waals surface area contributed by atoms with E-state index in [-0.39, 0.29) is 11.1 Å². The fourth-order valence-corrected chi connectivity index (χ4v) is 3.74. The first-order valence-corrected chi connectivity index (χ1v) is 10.0. The number of ether oxygens (including phenoxy) is 3. The highest BCUT2D eigenvalue weighted by Crippen LogP contribution is 2.46. The number of anilines is 1. The van der Waals surface area contributed by atoms with Gasteiger partial charge in [-0.05, 0) is 17.7 Å². The molecule has 184 valence electrons. The summed E-state index contributed by atoms with van der Waals surface area (Å²) in [6.45, 7) is 0. The number of methoxy groups -OCH3 is 2. The van der Waals surface area contributed by atoms with E-state index < -0.39 is 52.7 Å². The van der Waals surface area contributed by atoms with Gasteiger partial charge in [0.2, 0.25) is 0 Å². The van der Waals surface area contributed by atoms with Gasteiger partial charge in [-0.2, -0.15) is 10.5 Å². The number of rotatable bonds is 5. The van der Waals surface area contributed by atoms with Crippen molar-refractivity contribution in [3.8, 4) is 17.9 Å². The highest BCUT2D eigenvalue weighted by molar-refractivity contribution is 6.06. The molecule has 1 atom stereocenters. The number of benzene rings is 2. The third kappa shape index (κ3) is 4.79. The number of halogens is 3. The molecular formula is C24H17F3N4O5. The summed E-state index contributed by atoms with van der Waals surface area (Å²) in [4.78, 5) is 26.8. The van der Waals surface area contributed by atoms with Crippen molar-refractivity contribution < 1.29 is 37.0 Å². The van der Waals surface area contributed by atoms with Crippen molar-refractivity contribution in [2.75, 3.05) is 19.1 Å². The van der Waals surface area contributed by atoms with Crippen molar-refractivity contribution in [1.29, 1.82) is 10.5 Å². The Morgan fingerprint density at radius 3 is 2.17 bits per heavy atom. The van der Waals surface area contributed by atoms with Gasteiger partial charge in [-0.25, -0.2) is 9.59 Å². The van der Waals surface area contributed by atoms with E-state index >= 15 is 0 Å². The van der Waals surface area contributed by atoms with E-state index in [0.29, 0.717) is 5.56 Å². The van der Waals surface area contributed by atoms with Crippen LogP contribution in [-0.4, -0.2) is 32.5 Å². The molecular weight excluding hydrogens is 481 g/mol. The molecule has 0 amide bonds. The van der Waals surface area contributed by atoms with Crippen molar-refractivity contribution in [2.24, 2.45) is 5.73 Å². The summed E-state index contributed by atoms with van der Waals surface area (Å²) in [5.74, 6) is -4.79. The van der Waals surface area contributed by atoms with Crippen LogP contribution in [0.15, 0.2) is 71.2 Å². The zero-order valence-electron chi connectivity index (χ0n) is 18.8. The Bertz CT molecular complexity index is 1350. The summed E-state index contributed by atoms with van der Waals surface area (Å²) >= 11 is 0. The van der Waals surface area contributed by atoms with Gasteiger partial charge in [0.15, 0.2) is 5.75 Å². The monoisotopic (exact) mass is 498 g/mol. The summed E-state index contributed by atoms with van der Waals surface area (Å²) in [6, 6.07) is 14.6. The van der Waals surface area contributed by atoms with Crippen molar-refractivity contribution in [3.05, 3.63) is 82.3 Å². The quantitative estimate of drug-likeness (QED) is 0.615. The topological polar surface area (TPSA) is 139 Å². The molecule has 1 aliphatic heterocycles. The number of alkyl halides is 3. The summed E-state index contributed by atoms with van der Waals surface area (Å²) in [5.41, 5.74) is 4.73. The number of carbonyl (C=O) groups excluding carboxylic acids is 2. The summed E-state index contributed by atoms with van der Waals surface area (Å²) in [5, 5.41) is 19.1. The van der Waals surface area contributed by atoms with E-state index in [1.807, 2.05) is 6.07 Å². The number of esters is 2. The summed E-state index contributed by atoms with van der Waals surface area (Å²) in [6.07, 6.45) is -5.19. The molecule has 2 N–H and O–H groups in total. The van der Waals surface area contributed by atoms with E-state index in [4.69, 9.17) is 20.5 Å². The number of hydrogen-bond acceptors (Lipinski definition) is 9. The lowest BCUT2D eigenvalue weighted by Gasteiger charge is -2.36. The van der Waals surface area contributed by atoms with E-state index in [2.05, 4.69) is 4.74 Å². The third-order valence-electron chi connectivity index (χ3n) is 5.17. The van der Waals surface area contributed by atoms with Gasteiger partial charge in [-0.1, -0.05) is 30.3 Å². The van der Waals surface area contributed by atoms with Gasteiger partial charge in [0.25, 0.3) is 0 Å². The smallest absolute Gasteiger partial charge is 0.466 e. The molecule has 0 saturated heterocycles. The lowest BCUT2D eigenvalue weighted by molar-refractivity contribution is -0.274. The highest BCUT2D eigenvalue weighted by atomic mass is 19.4. The molecule has 0 spiro atoms. The Balaban J connectivity index is 2.45. The van der Waals surface area contributed by atoms with Gasteiger partial charge in [-0.3, -0.25) is 4.90 Å². The molecule has 2 aromatic carbocycles. The summed E-state index contributed by atoms with van der Waals surface area (Å²) < 4.78 is 53.5. The molecule has 9 nitrogen and oxygen atoms in total.